The Hall–Kier alpha value is -1.62. The van der Waals surface area contributed by atoms with Crippen LogP contribution in [0.4, 0.5) is 9.18 Å². The smallest absolute Gasteiger partial charge is 0.410 e. The Labute approximate surface area is 124 Å². The third-order valence-corrected chi connectivity index (χ3v) is 4.56. The Bertz CT molecular complexity index is 531. The summed E-state index contributed by atoms with van der Waals surface area (Å²) in [5, 5.41) is 3.36. The molecule has 0 radical (unpaired) electrons. The highest BCUT2D eigenvalue weighted by Gasteiger charge is 2.47. The van der Waals surface area contributed by atoms with Gasteiger partial charge in [-0.1, -0.05) is 18.2 Å². The van der Waals surface area contributed by atoms with Gasteiger partial charge in [-0.2, -0.15) is 0 Å². The molecule has 1 aromatic rings. The molecule has 2 saturated heterocycles. The van der Waals surface area contributed by atoms with Crippen LogP contribution in [0.3, 0.4) is 0 Å². The number of benzene rings is 1. The number of amides is 1. The van der Waals surface area contributed by atoms with Gasteiger partial charge in [0.1, 0.15) is 11.4 Å². The van der Waals surface area contributed by atoms with Gasteiger partial charge in [-0.3, -0.25) is 4.90 Å². The van der Waals surface area contributed by atoms with E-state index in [0.717, 1.165) is 25.9 Å². The summed E-state index contributed by atoms with van der Waals surface area (Å²) in [6, 6.07) is 6.56. The van der Waals surface area contributed by atoms with Crippen LogP contribution in [-0.4, -0.2) is 36.2 Å². The summed E-state index contributed by atoms with van der Waals surface area (Å²) >= 11 is 0. The molecule has 5 heteroatoms. The van der Waals surface area contributed by atoms with E-state index in [1.807, 2.05) is 6.92 Å². The van der Waals surface area contributed by atoms with Gasteiger partial charge in [0.2, 0.25) is 0 Å². The quantitative estimate of drug-likeness (QED) is 0.931. The van der Waals surface area contributed by atoms with Crippen LogP contribution < -0.4 is 5.32 Å². The van der Waals surface area contributed by atoms with Gasteiger partial charge in [0.05, 0.1) is 13.1 Å². The highest BCUT2D eigenvalue weighted by Crippen LogP contribution is 2.34. The summed E-state index contributed by atoms with van der Waals surface area (Å²) in [5.74, 6) is 0.0408. The van der Waals surface area contributed by atoms with Crippen LogP contribution in [0.5, 0.6) is 0 Å². The SMILES string of the molecule is CC1(C2CCCNC2)CN(Cc2ccccc2F)C(=O)O1. The number of rotatable bonds is 3. The van der Waals surface area contributed by atoms with Crippen molar-refractivity contribution in [1.29, 1.82) is 0 Å². The first-order valence-electron chi connectivity index (χ1n) is 7.50. The lowest BCUT2D eigenvalue weighted by Gasteiger charge is -2.34. The van der Waals surface area contributed by atoms with Crippen LogP contribution in [0.2, 0.25) is 0 Å². The average Bonchev–Trinajstić information content (AvgIpc) is 2.78. The van der Waals surface area contributed by atoms with Gasteiger partial charge < -0.3 is 10.1 Å². The number of piperidine rings is 1. The van der Waals surface area contributed by atoms with Gasteiger partial charge in [0.15, 0.2) is 0 Å². The van der Waals surface area contributed by atoms with Crippen molar-refractivity contribution in [1.82, 2.24) is 10.2 Å². The normalized spacial score (nSPS) is 29.5. The molecule has 0 aromatic heterocycles. The summed E-state index contributed by atoms with van der Waals surface area (Å²) in [6.07, 6.45) is 1.82. The highest BCUT2D eigenvalue weighted by molar-refractivity contribution is 5.70. The van der Waals surface area contributed by atoms with E-state index in [0.29, 0.717) is 18.0 Å². The molecule has 2 unspecified atom stereocenters. The molecule has 0 saturated carbocycles. The molecule has 0 spiro atoms. The first-order valence-corrected chi connectivity index (χ1v) is 7.50. The Morgan fingerprint density at radius 3 is 3.00 bits per heavy atom. The topological polar surface area (TPSA) is 41.6 Å². The number of carbonyl (C=O) groups excluding carboxylic acids is 1. The lowest BCUT2D eigenvalue weighted by atomic mass is 9.83. The first-order chi connectivity index (χ1) is 10.1. The van der Waals surface area contributed by atoms with Crippen LogP contribution in [0.25, 0.3) is 0 Å². The fourth-order valence-electron chi connectivity index (χ4n) is 3.28. The van der Waals surface area contributed by atoms with E-state index in [2.05, 4.69) is 5.32 Å². The van der Waals surface area contributed by atoms with Gasteiger partial charge in [-0.05, 0) is 32.4 Å². The average molecular weight is 292 g/mol. The molecule has 2 aliphatic rings. The van der Waals surface area contributed by atoms with E-state index < -0.39 is 5.60 Å². The van der Waals surface area contributed by atoms with Gasteiger partial charge in [-0.25, -0.2) is 9.18 Å². The molecular weight excluding hydrogens is 271 g/mol. The van der Waals surface area contributed by atoms with Crippen molar-refractivity contribution in [3.63, 3.8) is 0 Å². The molecule has 2 heterocycles. The Morgan fingerprint density at radius 2 is 2.29 bits per heavy atom. The minimum atomic E-state index is -0.476. The van der Waals surface area contributed by atoms with Gasteiger partial charge >= 0.3 is 6.09 Å². The zero-order valence-corrected chi connectivity index (χ0v) is 12.3. The summed E-state index contributed by atoms with van der Waals surface area (Å²) in [7, 11) is 0. The third-order valence-electron chi connectivity index (χ3n) is 4.56. The van der Waals surface area contributed by atoms with E-state index >= 15 is 0 Å². The van der Waals surface area contributed by atoms with E-state index in [1.54, 1.807) is 23.1 Å². The summed E-state index contributed by atoms with van der Waals surface area (Å²) in [5.41, 5.74) is 0.0518. The third kappa shape index (κ3) is 2.88. The first kappa shape index (κ1) is 14.3. The van der Waals surface area contributed by atoms with E-state index in [1.165, 1.54) is 6.07 Å². The van der Waals surface area contributed by atoms with E-state index in [9.17, 15) is 9.18 Å². The van der Waals surface area contributed by atoms with E-state index in [4.69, 9.17) is 4.74 Å². The lowest BCUT2D eigenvalue weighted by Crippen LogP contribution is -2.46. The zero-order chi connectivity index (χ0) is 14.9. The van der Waals surface area contributed by atoms with Crippen molar-refractivity contribution in [2.45, 2.75) is 31.9 Å². The monoisotopic (exact) mass is 292 g/mol. The largest absolute Gasteiger partial charge is 0.441 e. The number of carbonyl (C=O) groups is 1. The molecule has 1 amide bonds. The number of cyclic esters (lactones) is 1. The molecule has 21 heavy (non-hydrogen) atoms. The Kier molecular flexibility index (Phi) is 3.85. The summed E-state index contributed by atoms with van der Waals surface area (Å²) in [4.78, 5) is 13.7. The van der Waals surface area contributed by atoms with Crippen molar-refractivity contribution in [2.24, 2.45) is 5.92 Å². The molecule has 0 bridgehead atoms. The van der Waals surface area contributed by atoms with Crippen molar-refractivity contribution >= 4 is 6.09 Å². The fraction of sp³-hybridized carbons (Fsp3) is 0.562. The second-order valence-corrected chi connectivity index (χ2v) is 6.17. The van der Waals surface area contributed by atoms with Crippen molar-refractivity contribution in [2.75, 3.05) is 19.6 Å². The second-order valence-electron chi connectivity index (χ2n) is 6.17. The van der Waals surface area contributed by atoms with Crippen molar-refractivity contribution in [3.8, 4) is 0 Å². The molecule has 0 aliphatic carbocycles. The van der Waals surface area contributed by atoms with Crippen LogP contribution in [0, 0.1) is 11.7 Å². The zero-order valence-electron chi connectivity index (χ0n) is 12.3. The molecule has 3 rings (SSSR count). The number of ether oxygens (including phenoxy) is 1. The molecule has 114 valence electrons. The van der Waals surface area contributed by atoms with Crippen LogP contribution in [0.1, 0.15) is 25.3 Å². The van der Waals surface area contributed by atoms with E-state index in [-0.39, 0.29) is 18.5 Å². The standard InChI is InChI=1S/C16H21FN2O2/c1-16(13-6-4-8-18-9-13)11-19(15(20)21-16)10-12-5-2-3-7-14(12)17/h2-3,5,7,13,18H,4,6,8-11H2,1H3. The van der Waals surface area contributed by atoms with Gasteiger partial charge in [0.25, 0.3) is 0 Å². The van der Waals surface area contributed by atoms with Gasteiger partial charge in [-0.15, -0.1) is 0 Å². The number of nitrogens with zero attached hydrogens (tertiary/aromatic N) is 1. The number of halogens is 1. The number of hydrogen-bond acceptors (Lipinski definition) is 3. The molecule has 2 fully saturated rings. The van der Waals surface area contributed by atoms with Gasteiger partial charge in [0, 0.05) is 18.0 Å². The minimum Gasteiger partial charge on any atom is -0.441 e. The number of nitrogens with one attached hydrogen (secondary N) is 1. The minimum absolute atomic E-state index is 0.265. The molecule has 2 aliphatic heterocycles. The fourth-order valence-corrected chi connectivity index (χ4v) is 3.28. The maximum atomic E-state index is 13.7. The molecule has 2 atom stereocenters. The molecular formula is C16H21FN2O2. The maximum Gasteiger partial charge on any atom is 0.410 e. The van der Waals surface area contributed by atoms with Crippen LogP contribution in [-0.2, 0) is 11.3 Å². The predicted octanol–water partition coefficient (Wildman–Crippen LogP) is 2.54. The predicted molar refractivity (Wildman–Crippen MR) is 77.3 cm³/mol. The van der Waals surface area contributed by atoms with Crippen LogP contribution in [0.15, 0.2) is 24.3 Å². The summed E-state index contributed by atoms with van der Waals surface area (Å²) in [6.45, 7) is 4.68. The molecule has 4 nitrogen and oxygen atoms in total. The second kappa shape index (κ2) is 5.64. The maximum absolute atomic E-state index is 13.7. The molecule has 1 aromatic carbocycles. The highest BCUT2D eigenvalue weighted by atomic mass is 19.1. The van der Waals surface area contributed by atoms with Crippen molar-refractivity contribution in [3.05, 3.63) is 35.6 Å². The Balaban J connectivity index is 1.71. The van der Waals surface area contributed by atoms with Crippen LogP contribution >= 0.6 is 0 Å². The number of hydrogen-bond donors (Lipinski definition) is 1. The lowest BCUT2D eigenvalue weighted by molar-refractivity contribution is 0.0121. The Morgan fingerprint density at radius 1 is 1.48 bits per heavy atom. The van der Waals surface area contributed by atoms with Crippen molar-refractivity contribution < 1.29 is 13.9 Å². The molecule has 1 N–H and O–H groups in total. The summed E-state index contributed by atoms with van der Waals surface area (Å²) < 4.78 is 19.4.